The van der Waals surface area contributed by atoms with E-state index in [9.17, 15) is 0 Å². The third-order valence-electron chi connectivity index (χ3n) is 1.32. The van der Waals surface area contributed by atoms with Crippen molar-refractivity contribution in [3.05, 3.63) is 30.6 Å². The largest absolute Gasteiger partial charge is 0.459 e. The smallest absolute Gasteiger partial charge is 0.322 e. The zero-order valence-corrected chi connectivity index (χ0v) is 8.87. The minimum Gasteiger partial charge on any atom is -0.459 e. The van der Waals surface area contributed by atoms with Gasteiger partial charge in [-0.15, -0.1) is 6.58 Å². The molecule has 1 heterocycles. The average molecular weight is 227 g/mol. The number of halogens is 1. The molecule has 0 amide bonds. The van der Waals surface area contributed by atoms with Crippen molar-refractivity contribution in [1.29, 1.82) is 0 Å². The molecule has 0 aliphatic heterocycles. The van der Waals surface area contributed by atoms with Crippen LogP contribution in [0.25, 0.3) is 0 Å². The van der Waals surface area contributed by atoms with Crippen molar-refractivity contribution < 1.29 is 4.74 Å². The molecule has 0 bridgehead atoms. The predicted molar refractivity (Wildman–Crippen MR) is 59.2 cm³/mol. The summed E-state index contributed by atoms with van der Waals surface area (Å²) in [6, 6.07) is 0.168. The lowest BCUT2D eigenvalue weighted by molar-refractivity contribution is 0.332. The Morgan fingerprint density at radius 2 is 2.07 bits per heavy atom. The molecule has 0 radical (unpaired) electrons. The Morgan fingerprint density at radius 1 is 1.27 bits per heavy atom. The van der Waals surface area contributed by atoms with Gasteiger partial charge < -0.3 is 10.1 Å². The summed E-state index contributed by atoms with van der Waals surface area (Å²) in [4.78, 5) is 11.6. The van der Waals surface area contributed by atoms with Crippen LogP contribution in [0.3, 0.4) is 0 Å². The van der Waals surface area contributed by atoms with Gasteiger partial charge in [-0.3, -0.25) is 0 Å². The van der Waals surface area contributed by atoms with E-state index in [2.05, 4.69) is 33.4 Å². The lowest BCUT2D eigenvalue weighted by atomic mass is 10.6. The predicted octanol–water partition coefficient (Wildman–Crippen LogP) is 1.69. The van der Waals surface area contributed by atoms with Crippen molar-refractivity contribution in [2.45, 2.75) is 0 Å². The molecule has 6 heteroatoms. The van der Waals surface area contributed by atoms with Crippen LogP contribution < -0.4 is 10.1 Å². The molecule has 0 atom stereocenters. The fraction of sp³-hybridized carbons (Fsp3) is 0.222. The van der Waals surface area contributed by atoms with Crippen molar-refractivity contribution in [2.75, 3.05) is 18.5 Å². The summed E-state index contributed by atoms with van der Waals surface area (Å²) in [6.45, 7) is 7.93. The molecule has 0 saturated heterocycles. The third kappa shape index (κ3) is 3.95. The van der Waals surface area contributed by atoms with Crippen LogP contribution in [0.1, 0.15) is 0 Å². The second-order valence-electron chi connectivity index (χ2n) is 2.48. The van der Waals surface area contributed by atoms with E-state index in [1.54, 1.807) is 12.2 Å². The summed E-state index contributed by atoms with van der Waals surface area (Å²) < 4.78 is 5.13. The zero-order chi connectivity index (χ0) is 11.1. The molecule has 1 N–H and O–H groups in total. The van der Waals surface area contributed by atoms with Gasteiger partial charge in [0.1, 0.15) is 6.61 Å². The first-order valence-electron chi connectivity index (χ1n) is 4.26. The molecule has 1 aromatic heterocycles. The summed E-state index contributed by atoms with van der Waals surface area (Å²) in [7, 11) is 0. The van der Waals surface area contributed by atoms with Crippen LogP contribution in [-0.2, 0) is 0 Å². The van der Waals surface area contributed by atoms with E-state index in [4.69, 9.17) is 16.3 Å². The van der Waals surface area contributed by atoms with Crippen molar-refractivity contribution >= 4 is 17.5 Å². The maximum atomic E-state index is 5.67. The van der Waals surface area contributed by atoms with Crippen LogP contribution in [0.15, 0.2) is 25.3 Å². The van der Waals surface area contributed by atoms with E-state index >= 15 is 0 Å². The maximum Gasteiger partial charge on any atom is 0.322 e. The number of rotatable bonds is 6. The van der Waals surface area contributed by atoms with Crippen LogP contribution in [0.4, 0.5) is 5.95 Å². The Kier molecular flexibility index (Phi) is 4.56. The minimum atomic E-state index is 0.0793. The first kappa shape index (κ1) is 11.5. The summed E-state index contributed by atoms with van der Waals surface area (Å²) in [5, 5.41) is 2.96. The van der Waals surface area contributed by atoms with Crippen molar-refractivity contribution in [3.8, 4) is 6.01 Å². The number of hydrogen-bond donors (Lipinski definition) is 1. The molecule has 0 spiro atoms. The Balaban J connectivity index is 2.74. The van der Waals surface area contributed by atoms with Crippen LogP contribution in [0.2, 0.25) is 5.28 Å². The summed E-state index contributed by atoms with van der Waals surface area (Å²) in [5.41, 5.74) is 0. The van der Waals surface area contributed by atoms with Gasteiger partial charge >= 0.3 is 6.01 Å². The first-order chi connectivity index (χ1) is 7.26. The second-order valence-corrected chi connectivity index (χ2v) is 2.82. The molecular weight excluding hydrogens is 216 g/mol. The van der Waals surface area contributed by atoms with Gasteiger partial charge in [0.05, 0.1) is 0 Å². The minimum absolute atomic E-state index is 0.0793. The molecule has 0 unspecified atom stereocenters. The number of hydrogen-bond acceptors (Lipinski definition) is 5. The number of nitrogens with one attached hydrogen (secondary N) is 1. The van der Waals surface area contributed by atoms with Crippen LogP contribution in [0.5, 0.6) is 6.01 Å². The van der Waals surface area contributed by atoms with Gasteiger partial charge in [0.25, 0.3) is 0 Å². The monoisotopic (exact) mass is 226 g/mol. The number of aromatic nitrogens is 3. The van der Waals surface area contributed by atoms with Crippen molar-refractivity contribution in [2.24, 2.45) is 0 Å². The Labute approximate surface area is 92.9 Å². The zero-order valence-electron chi connectivity index (χ0n) is 8.11. The van der Waals surface area contributed by atoms with Gasteiger partial charge in [-0.25, -0.2) is 0 Å². The summed E-state index contributed by atoms with van der Waals surface area (Å²) in [5.74, 6) is 0.356. The molecule has 1 aromatic rings. The Hall–Kier alpha value is -1.62. The number of nitrogens with zero attached hydrogens (tertiary/aromatic N) is 3. The van der Waals surface area contributed by atoms with Gasteiger partial charge in [0, 0.05) is 6.54 Å². The standard InChI is InChI=1S/C9H11ClN4O/c1-3-5-11-8-12-7(10)13-9(14-8)15-6-4-2/h3-4H,1-2,5-6H2,(H,11,12,13,14). The molecule has 80 valence electrons. The van der Waals surface area contributed by atoms with Gasteiger partial charge in [-0.2, -0.15) is 15.0 Å². The highest BCUT2D eigenvalue weighted by Crippen LogP contribution is 2.10. The topological polar surface area (TPSA) is 59.9 Å². The average Bonchev–Trinajstić information content (AvgIpc) is 2.23. The van der Waals surface area contributed by atoms with Gasteiger partial charge in [0.15, 0.2) is 0 Å². The Bertz CT molecular complexity index is 326. The summed E-state index contributed by atoms with van der Waals surface area (Å²) >= 11 is 5.67. The van der Waals surface area contributed by atoms with Gasteiger partial charge in [0.2, 0.25) is 11.2 Å². The molecule has 0 aliphatic carbocycles. The lowest BCUT2D eigenvalue weighted by Gasteiger charge is -2.04. The van der Waals surface area contributed by atoms with E-state index in [0.29, 0.717) is 19.1 Å². The molecule has 15 heavy (non-hydrogen) atoms. The normalized spacial score (nSPS) is 9.40. The van der Waals surface area contributed by atoms with E-state index in [1.165, 1.54) is 0 Å². The van der Waals surface area contributed by atoms with Crippen LogP contribution in [0, 0.1) is 0 Å². The molecular formula is C9H11ClN4O. The van der Waals surface area contributed by atoms with Crippen molar-refractivity contribution in [3.63, 3.8) is 0 Å². The quantitative estimate of drug-likeness (QED) is 0.748. The van der Waals surface area contributed by atoms with Crippen LogP contribution in [-0.4, -0.2) is 28.1 Å². The maximum absolute atomic E-state index is 5.67. The molecule has 0 aliphatic rings. The van der Waals surface area contributed by atoms with Crippen molar-refractivity contribution in [1.82, 2.24) is 15.0 Å². The second kappa shape index (κ2) is 5.98. The molecule has 0 fully saturated rings. The third-order valence-corrected chi connectivity index (χ3v) is 1.49. The summed E-state index contributed by atoms with van der Waals surface area (Å²) in [6.07, 6.45) is 3.27. The van der Waals surface area contributed by atoms with E-state index < -0.39 is 0 Å². The molecule has 5 nitrogen and oxygen atoms in total. The fourth-order valence-electron chi connectivity index (χ4n) is 0.772. The number of anilines is 1. The van der Waals surface area contributed by atoms with Gasteiger partial charge in [-0.1, -0.05) is 18.7 Å². The van der Waals surface area contributed by atoms with Crippen LogP contribution >= 0.6 is 11.6 Å². The SMILES string of the molecule is C=CCNc1nc(Cl)nc(OCC=C)n1. The van der Waals surface area contributed by atoms with E-state index in [1.807, 2.05) is 0 Å². The first-order valence-corrected chi connectivity index (χ1v) is 4.64. The van der Waals surface area contributed by atoms with E-state index in [-0.39, 0.29) is 11.3 Å². The highest BCUT2D eigenvalue weighted by atomic mass is 35.5. The van der Waals surface area contributed by atoms with E-state index in [0.717, 1.165) is 0 Å². The molecule has 1 rings (SSSR count). The fourth-order valence-corrected chi connectivity index (χ4v) is 0.925. The highest BCUT2D eigenvalue weighted by molar-refractivity contribution is 6.28. The Morgan fingerprint density at radius 3 is 2.73 bits per heavy atom. The van der Waals surface area contributed by atoms with Gasteiger partial charge in [-0.05, 0) is 11.6 Å². The number of ether oxygens (including phenoxy) is 1. The molecule has 0 aromatic carbocycles. The highest BCUT2D eigenvalue weighted by Gasteiger charge is 2.04. The molecule has 0 saturated carbocycles. The lowest BCUT2D eigenvalue weighted by Crippen LogP contribution is -2.07.